The summed E-state index contributed by atoms with van der Waals surface area (Å²) >= 11 is 0. The minimum atomic E-state index is -0.00227. The Morgan fingerprint density at radius 1 is 0.905 bits per heavy atom. The van der Waals surface area contributed by atoms with Gasteiger partial charge in [-0.1, -0.05) is 24.3 Å². The minimum Gasteiger partial charge on any atom is -0.271 e. The predicted molar refractivity (Wildman–Crippen MR) is 86.4 cm³/mol. The van der Waals surface area contributed by atoms with Gasteiger partial charge < -0.3 is 0 Å². The van der Waals surface area contributed by atoms with Crippen molar-refractivity contribution in [2.45, 2.75) is 20.8 Å². The largest absolute Gasteiger partial charge is 0.271 e. The molecule has 0 aliphatic carbocycles. The lowest BCUT2D eigenvalue weighted by atomic mass is 10.0. The molecule has 3 rings (SSSR count). The Bertz CT molecular complexity index is 775. The molecular formula is C18H18N2O. The molecule has 1 aliphatic rings. The number of aryl methyl sites for hydroxylation is 1. The fourth-order valence-corrected chi connectivity index (χ4v) is 2.83. The van der Waals surface area contributed by atoms with Gasteiger partial charge >= 0.3 is 0 Å². The summed E-state index contributed by atoms with van der Waals surface area (Å²) in [6.07, 6.45) is 0. The Hall–Kier alpha value is -2.42. The molecule has 2 aromatic rings. The van der Waals surface area contributed by atoms with Crippen molar-refractivity contribution in [2.75, 3.05) is 11.9 Å². The van der Waals surface area contributed by atoms with Gasteiger partial charge in [0.05, 0.1) is 11.3 Å². The average Bonchev–Trinajstić information content (AvgIpc) is 2.78. The Kier molecular flexibility index (Phi) is 3.13. The van der Waals surface area contributed by atoms with Crippen LogP contribution >= 0.6 is 0 Å². The fourth-order valence-electron chi connectivity index (χ4n) is 2.83. The molecule has 106 valence electrons. The third-order valence-electron chi connectivity index (χ3n) is 4.30. The van der Waals surface area contributed by atoms with Crippen LogP contribution in [0.1, 0.15) is 32.6 Å². The molecule has 0 saturated carbocycles. The molecule has 1 heterocycles. The van der Waals surface area contributed by atoms with Crippen LogP contribution in [-0.4, -0.2) is 18.8 Å². The molecule has 0 bridgehead atoms. The smallest absolute Gasteiger partial charge is 0.264 e. The number of anilines is 1. The van der Waals surface area contributed by atoms with Crippen LogP contribution in [-0.2, 0) is 0 Å². The van der Waals surface area contributed by atoms with Crippen molar-refractivity contribution in [1.29, 1.82) is 0 Å². The first kappa shape index (κ1) is 13.6. The predicted octanol–water partition coefficient (Wildman–Crippen LogP) is 3.65. The average molecular weight is 278 g/mol. The zero-order valence-electron chi connectivity index (χ0n) is 12.8. The molecule has 1 amide bonds. The van der Waals surface area contributed by atoms with E-state index in [9.17, 15) is 4.79 Å². The third-order valence-corrected chi connectivity index (χ3v) is 4.30. The molecule has 2 aromatic carbocycles. The zero-order chi connectivity index (χ0) is 15.1. The normalized spacial score (nSPS) is 15.7. The first-order valence-corrected chi connectivity index (χ1v) is 7.03. The molecular weight excluding hydrogens is 260 g/mol. The van der Waals surface area contributed by atoms with Crippen molar-refractivity contribution < 1.29 is 4.79 Å². The standard InChI is InChI=1S/C18H18N2O/c1-11-9-10-16(13(3)12(11)2)20-17(19-4)14-7-5-6-8-15(14)18(20)21/h5-10H,1-4H3/b19-17-. The van der Waals surface area contributed by atoms with Gasteiger partial charge in [-0.05, 0) is 49.6 Å². The number of fused-ring (bicyclic) bond motifs is 1. The number of hydrogen-bond acceptors (Lipinski definition) is 2. The molecule has 0 N–H and O–H groups in total. The molecule has 0 radical (unpaired) electrons. The second kappa shape index (κ2) is 4.85. The van der Waals surface area contributed by atoms with E-state index in [0.717, 1.165) is 28.2 Å². The van der Waals surface area contributed by atoms with Gasteiger partial charge in [-0.3, -0.25) is 14.7 Å². The lowest BCUT2D eigenvalue weighted by Gasteiger charge is -2.21. The van der Waals surface area contributed by atoms with Crippen LogP contribution in [0.5, 0.6) is 0 Å². The number of benzene rings is 2. The Morgan fingerprint density at radius 3 is 2.24 bits per heavy atom. The Labute approximate surface area is 124 Å². The molecule has 0 aromatic heterocycles. The molecule has 0 unspecified atom stereocenters. The van der Waals surface area contributed by atoms with E-state index in [1.807, 2.05) is 30.3 Å². The second-order valence-electron chi connectivity index (χ2n) is 5.38. The summed E-state index contributed by atoms with van der Waals surface area (Å²) in [4.78, 5) is 18.8. The molecule has 1 aliphatic heterocycles. The molecule has 0 atom stereocenters. The van der Waals surface area contributed by atoms with Crippen LogP contribution in [0.4, 0.5) is 5.69 Å². The molecule has 21 heavy (non-hydrogen) atoms. The number of amides is 1. The summed E-state index contributed by atoms with van der Waals surface area (Å²) in [6.45, 7) is 6.23. The van der Waals surface area contributed by atoms with Gasteiger partial charge in [0.15, 0.2) is 0 Å². The van der Waals surface area contributed by atoms with E-state index in [0.29, 0.717) is 0 Å². The lowest BCUT2D eigenvalue weighted by Crippen LogP contribution is -2.31. The van der Waals surface area contributed by atoms with Gasteiger partial charge in [-0.25, -0.2) is 0 Å². The van der Waals surface area contributed by atoms with Crippen molar-refractivity contribution in [3.63, 3.8) is 0 Å². The summed E-state index contributed by atoms with van der Waals surface area (Å²) in [5.41, 5.74) is 6.11. The maximum absolute atomic E-state index is 12.8. The molecule has 3 nitrogen and oxygen atoms in total. The Morgan fingerprint density at radius 2 is 1.57 bits per heavy atom. The molecule has 0 fully saturated rings. The quantitative estimate of drug-likeness (QED) is 0.783. The van der Waals surface area contributed by atoms with Crippen molar-refractivity contribution >= 4 is 17.4 Å². The SMILES string of the molecule is C/N=C1/c2ccccc2C(=O)N1c1ccc(C)c(C)c1C. The van der Waals surface area contributed by atoms with Crippen LogP contribution in [0.15, 0.2) is 41.4 Å². The van der Waals surface area contributed by atoms with Crippen molar-refractivity contribution in [2.24, 2.45) is 4.99 Å². The van der Waals surface area contributed by atoms with Gasteiger partial charge in [0.25, 0.3) is 5.91 Å². The highest BCUT2D eigenvalue weighted by molar-refractivity contribution is 6.36. The number of carbonyl (C=O) groups excluding carboxylic acids is 1. The summed E-state index contributed by atoms with van der Waals surface area (Å²) in [7, 11) is 1.73. The van der Waals surface area contributed by atoms with Crippen LogP contribution < -0.4 is 4.90 Å². The fraction of sp³-hybridized carbons (Fsp3) is 0.222. The summed E-state index contributed by atoms with van der Waals surface area (Å²) in [6, 6.07) is 11.7. The van der Waals surface area contributed by atoms with Gasteiger partial charge in [0, 0.05) is 12.6 Å². The highest BCUT2D eigenvalue weighted by Gasteiger charge is 2.35. The first-order valence-electron chi connectivity index (χ1n) is 7.03. The van der Waals surface area contributed by atoms with Gasteiger partial charge in [-0.2, -0.15) is 0 Å². The molecule has 0 spiro atoms. The maximum Gasteiger partial charge on any atom is 0.264 e. The van der Waals surface area contributed by atoms with Crippen LogP contribution in [0, 0.1) is 20.8 Å². The molecule has 3 heteroatoms. The van der Waals surface area contributed by atoms with E-state index >= 15 is 0 Å². The number of amidine groups is 1. The monoisotopic (exact) mass is 278 g/mol. The van der Waals surface area contributed by atoms with Crippen LogP contribution in [0.3, 0.4) is 0 Å². The minimum absolute atomic E-state index is 0.00227. The van der Waals surface area contributed by atoms with E-state index in [2.05, 4.69) is 31.8 Å². The number of carbonyl (C=O) groups is 1. The van der Waals surface area contributed by atoms with E-state index < -0.39 is 0 Å². The number of rotatable bonds is 1. The van der Waals surface area contributed by atoms with Crippen molar-refractivity contribution in [3.05, 3.63) is 64.2 Å². The van der Waals surface area contributed by atoms with E-state index in [4.69, 9.17) is 0 Å². The maximum atomic E-state index is 12.8. The highest BCUT2D eigenvalue weighted by Crippen LogP contribution is 2.32. The van der Waals surface area contributed by atoms with E-state index in [1.54, 1.807) is 11.9 Å². The van der Waals surface area contributed by atoms with E-state index in [1.165, 1.54) is 11.1 Å². The molecule has 0 saturated heterocycles. The van der Waals surface area contributed by atoms with Crippen LogP contribution in [0.2, 0.25) is 0 Å². The summed E-state index contributed by atoms with van der Waals surface area (Å²) in [5.74, 6) is 0.722. The van der Waals surface area contributed by atoms with E-state index in [-0.39, 0.29) is 5.91 Å². The topological polar surface area (TPSA) is 32.7 Å². The van der Waals surface area contributed by atoms with Gasteiger partial charge in [0.1, 0.15) is 5.84 Å². The first-order chi connectivity index (χ1) is 10.1. The highest BCUT2D eigenvalue weighted by atomic mass is 16.2. The number of aliphatic imine (C=N–C) groups is 1. The number of hydrogen-bond donors (Lipinski definition) is 0. The number of nitrogens with zero attached hydrogens (tertiary/aromatic N) is 2. The summed E-state index contributed by atoms with van der Waals surface area (Å²) in [5, 5.41) is 0. The van der Waals surface area contributed by atoms with Crippen molar-refractivity contribution in [3.8, 4) is 0 Å². The summed E-state index contributed by atoms with van der Waals surface area (Å²) < 4.78 is 0. The van der Waals surface area contributed by atoms with Gasteiger partial charge in [0.2, 0.25) is 0 Å². The third kappa shape index (κ3) is 1.88. The van der Waals surface area contributed by atoms with Crippen molar-refractivity contribution in [1.82, 2.24) is 0 Å². The van der Waals surface area contributed by atoms with Crippen LogP contribution in [0.25, 0.3) is 0 Å². The zero-order valence-corrected chi connectivity index (χ0v) is 12.8. The van der Waals surface area contributed by atoms with Gasteiger partial charge in [-0.15, -0.1) is 0 Å². The lowest BCUT2D eigenvalue weighted by molar-refractivity contribution is 0.101. The Balaban J connectivity index is 2.22. The second-order valence-corrected chi connectivity index (χ2v) is 5.38.